The molecule has 1 aromatic carbocycles. The van der Waals surface area contributed by atoms with Gasteiger partial charge >= 0.3 is 0 Å². The van der Waals surface area contributed by atoms with Crippen molar-refractivity contribution in [3.05, 3.63) is 52.5 Å². The van der Waals surface area contributed by atoms with Gasteiger partial charge in [-0.15, -0.1) is 0 Å². The van der Waals surface area contributed by atoms with Gasteiger partial charge in [-0.05, 0) is 18.2 Å². The van der Waals surface area contributed by atoms with Crippen LogP contribution < -0.4 is 5.32 Å². The van der Waals surface area contributed by atoms with Crippen LogP contribution in [-0.4, -0.2) is 22.0 Å². The molecule has 0 bridgehead atoms. The first kappa shape index (κ1) is 12.8. The van der Waals surface area contributed by atoms with Gasteiger partial charge in [-0.1, -0.05) is 22.0 Å². The Morgan fingerprint density at radius 1 is 1.50 bits per heavy atom. The Kier molecular flexibility index (Phi) is 4.15. The second kappa shape index (κ2) is 5.82. The monoisotopic (exact) mass is 307 g/mol. The Labute approximate surface area is 114 Å². The van der Waals surface area contributed by atoms with Crippen LogP contribution in [0.3, 0.4) is 0 Å². The highest BCUT2D eigenvalue weighted by Gasteiger charge is 2.05. The van der Waals surface area contributed by atoms with Gasteiger partial charge < -0.3 is 9.88 Å². The zero-order chi connectivity index (χ0) is 13.0. The van der Waals surface area contributed by atoms with E-state index in [0.29, 0.717) is 12.1 Å². The summed E-state index contributed by atoms with van der Waals surface area (Å²) in [5.74, 6) is 0.898. The molecule has 1 N–H and O–H groups in total. The van der Waals surface area contributed by atoms with Crippen LogP contribution in [0.15, 0.2) is 41.1 Å². The van der Waals surface area contributed by atoms with Gasteiger partial charge in [-0.3, -0.25) is 4.79 Å². The van der Waals surface area contributed by atoms with Crippen molar-refractivity contribution >= 4 is 21.8 Å². The van der Waals surface area contributed by atoms with Crippen LogP contribution in [0.4, 0.5) is 0 Å². The molecule has 4 nitrogen and oxygen atoms in total. The number of benzene rings is 1. The number of carbonyl (C=O) groups excluding carboxylic acids is 1. The molecule has 18 heavy (non-hydrogen) atoms. The molecule has 5 heteroatoms. The van der Waals surface area contributed by atoms with Crippen molar-refractivity contribution < 1.29 is 4.79 Å². The van der Waals surface area contributed by atoms with Crippen molar-refractivity contribution in [3.63, 3.8) is 0 Å². The molecule has 2 aromatic rings. The third kappa shape index (κ3) is 3.20. The number of imidazole rings is 1. The zero-order valence-electron chi connectivity index (χ0n) is 10.1. The highest BCUT2D eigenvalue weighted by molar-refractivity contribution is 9.10. The minimum Gasteiger partial charge on any atom is -0.352 e. The fourth-order valence-corrected chi connectivity index (χ4v) is 2.06. The van der Waals surface area contributed by atoms with Gasteiger partial charge in [0.2, 0.25) is 0 Å². The summed E-state index contributed by atoms with van der Waals surface area (Å²) in [5.41, 5.74) is 0.657. The lowest BCUT2D eigenvalue weighted by Gasteiger charge is -2.05. The smallest absolute Gasteiger partial charge is 0.251 e. The number of aryl methyl sites for hydroxylation is 1. The third-order valence-electron chi connectivity index (χ3n) is 2.64. The van der Waals surface area contributed by atoms with Crippen molar-refractivity contribution in [1.29, 1.82) is 0 Å². The maximum atomic E-state index is 11.9. The van der Waals surface area contributed by atoms with Gasteiger partial charge in [0, 0.05) is 42.4 Å². The fourth-order valence-electron chi connectivity index (χ4n) is 1.66. The van der Waals surface area contributed by atoms with E-state index in [9.17, 15) is 4.79 Å². The van der Waals surface area contributed by atoms with Crippen molar-refractivity contribution in [2.75, 3.05) is 6.54 Å². The Balaban J connectivity index is 1.87. The summed E-state index contributed by atoms with van der Waals surface area (Å²) >= 11 is 3.35. The van der Waals surface area contributed by atoms with Gasteiger partial charge in [-0.2, -0.15) is 0 Å². The largest absolute Gasteiger partial charge is 0.352 e. The molecule has 1 amide bonds. The third-order valence-corrected chi connectivity index (χ3v) is 3.14. The van der Waals surface area contributed by atoms with Crippen molar-refractivity contribution in [3.8, 4) is 0 Å². The number of rotatable bonds is 4. The summed E-state index contributed by atoms with van der Waals surface area (Å²) in [5, 5.41) is 2.88. The maximum absolute atomic E-state index is 11.9. The predicted molar refractivity (Wildman–Crippen MR) is 73.4 cm³/mol. The first-order valence-electron chi connectivity index (χ1n) is 5.67. The molecule has 1 aromatic heterocycles. The van der Waals surface area contributed by atoms with E-state index >= 15 is 0 Å². The Morgan fingerprint density at radius 2 is 2.33 bits per heavy atom. The topological polar surface area (TPSA) is 46.9 Å². The molecule has 0 aliphatic heterocycles. The summed E-state index contributed by atoms with van der Waals surface area (Å²) in [4.78, 5) is 16.1. The molecule has 0 radical (unpaired) electrons. The van der Waals surface area contributed by atoms with Crippen molar-refractivity contribution in [2.24, 2.45) is 7.05 Å². The molecule has 0 fully saturated rings. The van der Waals surface area contributed by atoms with Gasteiger partial charge in [0.25, 0.3) is 5.91 Å². The Bertz CT molecular complexity index is 551. The van der Waals surface area contributed by atoms with Crippen LogP contribution in [0, 0.1) is 0 Å². The van der Waals surface area contributed by atoms with Gasteiger partial charge in [0.15, 0.2) is 0 Å². The number of halogens is 1. The first-order valence-corrected chi connectivity index (χ1v) is 6.46. The number of nitrogens with zero attached hydrogens (tertiary/aromatic N) is 2. The van der Waals surface area contributed by atoms with Gasteiger partial charge in [0.1, 0.15) is 5.82 Å². The highest BCUT2D eigenvalue weighted by atomic mass is 79.9. The molecule has 0 aliphatic rings. The van der Waals surface area contributed by atoms with E-state index < -0.39 is 0 Å². The molecule has 0 aliphatic carbocycles. The van der Waals surface area contributed by atoms with E-state index in [1.54, 1.807) is 18.3 Å². The van der Waals surface area contributed by atoms with Crippen LogP contribution in [0.2, 0.25) is 0 Å². The van der Waals surface area contributed by atoms with Crippen LogP contribution in [-0.2, 0) is 13.5 Å². The molecule has 0 spiro atoms. The second-order valence-corrected chi connectivity index (χ2v) is 4.89. The molecular formula is C13H14BrN3O. The highest BCUT2D eigenvalue weighted by Crippen LogP contribution is 2.11. The fraction of sp³-hybridized carbons (Fsp3) is 0.231. The second-order valence-electron chi connectivity index (χ2n) is 3.97. The van der Waals surface area contributed by atoms with Crippen LogP contribution in [0.5, 0.6) is 0 Å². The molecule has 0 atom stereocenters. The molecule has 0 unspecified atom stereocenters. The van der Waals surface area contributed by atoms with Gasteiger partial charge in [0.05, 0.1) is 0 Å². The summed E-state index contributed by atoms with van der Waals surface area (Å²) in [6.45, 7) is 0.580. The summed E-state index contributed by atoms with van der Waals surface area (Å²) in [6.07, 6.45) is 4.38. The van der Waals surface area contributed by atoms with Crippen LogP contribution >= 0.6 is 15.9 Å². The van der Waals surface area contributed by atoms with E-state index in [1.807, 2.05) is 29.9 Å². The summed E-state index contributed by atoms with van der Waals surface area (Å²) in [7, 11) is 1.94. The predicted octanol–water partition coefficient (Wildman–Crippen LogP) is 2.16. The number of nitrogens with one attached hydrogen (secondary N) is 1. The van der Waals surface area contributed by atoms with Crippen LogP contribution in [0.25, 0.3) is 0 Å². The molecule has 1 heterocycles. The SMILES string of the molecule is Cn1ccnc1CCNC(=O)c1cccc(Br)c1. The minimum atomic E-state index is -0.0643. The van der Waals surface area contributed by atoms with Crippen molar-refractivity contribution in [1.82, 2.24) is 14.9 Å². The first-order chi connectivity index (χ1) is 8.66. The lowest BCUT2D eigenvalue weighted by atomic mass is 10.2. The average molecular weight is 308 g/mol. The lowest BCUT2D eigenvalue weighted by molar-refractivity contribution is 0.0954. The molecular weight excluding hydrogens is 294 g/mol. The van der Waals surface area contributed by atoms with E-state index in [2.05, 4.69) is 26.2 Å². The summed E-state index contributed by atoms with van der Waals surface area (Å²) < 4.78 is 2.85. The summed E-state index contributed by atoms with van der Waals surface area (Å²) in [6, 6.07) is 7.33. The number of aromatic nitrogens is 2. The zero-order valence-corrected chi connectivity index (χ0v) is 11.6. The average Bonchev–Trinajstić information content (AvgIpc) is 2.75. The van der Waals surface area contributed by atoms with Crippen LogP contribution in [0.1, 0.15) is 16.2 Å². The molecule has 0 saturated carbocycles. The van der Waals surface area contributed by atoms with E-state index in [0.717, 1.165) is 16.7 Å². The van der Waals surface area contributed by atoms with E-state index in [1.165, 1.54) is 0 Å². The quantitative estimate of drug-likeness (QED) is 0.941. The maximum Gasteiger partial charge on any atom is 0.251 e. The normalized spacial score (nSPS) is 10.3. The molecule has 0 saturated heterocycles. The number of carbonyl (C=O) groups is 1. The van der Waals surface area contributed by atoms with E-state index in [4.69, 9.17) is 0 Å². The number of amides is 1. The Morgan fingerprint density at radius 3 is 3.00 bits per heavy atom. The molecule has 2 rings (SSSR count). The van der Waals surface area contributed by atoms with Gasteiger partial charge in [-0.25, -0.2) is 4.98 Å². The number of hydrogen-bond acceptors (Lipinski definition) is 2. The van der Waals surface area contributed by atoms with Crippen molar-refractivity contribution in [2.45, 2.75) is 6.42 Å². The Hall–Kier alpha value is -1.62. The lowest BCUT2D eigenvalue weighted by Crippen LogP contribution is -2.26. The van der Waals surface area contributed by atoms with E-state index in [-0.39, 0.29) is 5.91 Å². The minimum absolute atomic E-state index is 0.0643. The standard InChI is InChI=1S/C13H14BrN3O/c1-17-8-7-15-12(17)5-6-16-13(18)10-3-2-4-11(14)9-10/h2-4,7-9H,5-6H2,1H3,(H,16,18). The number of hydrogen-bond donors (Lipinski definition) is 1. The molecule has 94 valence electrons.